The van der Waals surface area contributed by atoms with Gasteiger partial charge in [0.25, 0.3) is 0 Å². The number of carboxylic acids is 1. The van der Waals surface area contributed by atoms with E-state index in [0.717, 1.165) is 4.90 Å². The smallest absolute Gasteiger partial charge is 0.326 e. The van der Waals surface area contributed by atoms with Crippen molar-refractivity contribution in [3.8, 4) is 0 Å². The number of carbonyl (C=O) groups is 3. The van der Waals surface area contributed by atoms with Gasteiger partial charge in [-0.15, -0.1) is 0 Å². The summed E-state index contributed by atoms with van der Waals surface area (Å²) in [6, 6.07) is -1.06. The fraction of sp³-hybridized carbons (Fsp3) is 0.750. The van der Waals surface area contributed by atoms with Gasteiger partial charge in [0.05, 0.1) is 0 Å². The second kappa shape index (κ2) is 7.10. The molecule has 0 aliphatic carbocycles. The molecule has 1 saturated heterocycles. The maximum Gasteiger partial charge on any atom is 0.326 e. The molecule has 1 heterocycles. The van der Waals surface area contributed by atoms with E-state index in [4.69, 9.17) is 9.84 Å². The monoisotopic (exact) mass is 257 g/mol. The molecule has 1 aliphatic rings. The highest BCUT2D eigenvalue weighted by atomic mass is 16.5. The minimum Gasteiger partial charge on any atom is -0.480 e. The van der Waals surface area contributed by atoms with Gasteiger partial charge in [-0.25, -0.2) is 4.79 Å². The lowest BCUT2D eigenvalue weighted by molar-refractivity contribution is -0.157. The minimum atomic E-state index is -1.13. The van der Waals surface area contributed by atoms with E-state index in [1.807, 2.05) is 0 Å². The Balaban J connectivity index is 2.77. The Hall–Kier alpha value is -1.43. The number of aliphatic carboxylic acids is 1. The third-order valence-corrected chi connectivity index (χ3v) is 2.99. The van der Waals surface area contributed by atoms with Crippen molar-refractivity contribution in [2.45, 2.75) is 44.6 Å². The third kappa shape index (κ3) is 3.80. The van der Waals surface area contributed by atoms with Crippen LogP contribution in [0.15, 0.2) is 0 Å². The summed E-state index contributed by atoms with van der Waals surface area (Å²) in [6.07, 6.45) is 2.53. The highest BCUT2D eigenvalue weighted by molar-refractivity contribution is 5.99. The van der Waals surface area contributed by atoms with Gasteiger partial charge in [0.15, 0.2) is 0 Å². The van der Waals surface area contributed by atoms with Gasteiger partial charge in [-0.2, -0.15) is 0 Å². The van der Waals surface area contributed by atoms with Gasteiger partial charge in [-0.05, 0) is 25.7 Å². The summed E-state index contributed by atoms with van der Waals surface area (Å²) in [5.74, 6) is -1.88. The second-order valence-corrected chi connectivity index (χ2v) is 4.35. The Morgan fingerprint density at radius 2 is 1.89 bits per heavy atom. The van der Waals surface area contributed by atoms with E-state index in [2.05, 4.69) is 0 Å². The van der Waals surface area contributed by atoms with E-state index < -0.39 is 12.0 Å². The van der Waals surface area contributed by atoms with Crippen LogP contribution in [0.1, 0.15) is 38.5 Å². The number of amides is 2. The number of methoxy groups -OCH3 is 1. The van der Waals surface area contributed by atoms with E-state index in [9.17, 15) is 14.4 Å². The average Bonchev–Trinajstić information content (AvgIpc) is 2.47. The summed E-state index contributed by atoms with van der Waals surface area (Å²) in [5, 5.41) is 9.17. The first-order chi connectivity index (χ1) is 8.57. The van der Waals surface area contributed by atoms with Crippen LogP contribution in [0.2, 0.25) is 0 Å². The molecule has 0 aromatic heterocycles. The van der Waals surface area contributed by atoms with Crippen molar-refractivity contribution in [2.75, 3.05) is 13.7 Å². The Morgan fingerprint density at radius 1 is 1.33 bits per heavy atom. The van der Waals surface area contributed by atoms with E-state index in [1.54, 1.807) is 0 Å². The lowest BCUT2D eigenvalue weighted by atomic mass is 10.1. The predicted molar refractivity (Wildman–Crippen MR) is 62.9 cm³/mol. The van der Waals surface area contributed by atoms with E-state index in [1.165, 1.54) is 7.11 Å². The van der Waals surface area contributed by atoms with Crippen LogP contribution in [0.5, 0.6) is 0 Å². The summed E-state index contributed by atoms with van der Waals surface area (Å²) >= 11 is 0. The molecule has 0 aromatic rings. The van der Waals surface area contributed by atoms with Crippen molar-refractivity contribution in [2.24, 2.45) is 0 Å². The lowest BCUT2D eigenvalue weighted by Gasteiger charge is -2.25. The van der Waals surface area contributed by atoms with E-state index in [-0.39, 0.29) is 31.1 Å². The van der Waals surface area contributed by atoms with Crippen LogP contribution in [0.4, 0.5) is 0 Å². The molecule has 0 aromatic carbocycles. The summed E-state index contributed by atoms with van der Waals surface area (Å²) in [5.41, 5.74) is 0. The van der Waals surface area contributed by atoms with Gasteiger partial charge in [0, 0.05) is 26.6 Å². The van der Waals surface area contributed by atoms with Crippen molar-refractivity contribution >= 4 is 17.8 Å². The Labute approximate surface area is 106 Å². The van der Waals surface area contributed by atoms with Crippen molar-refractivity contribution in [3.05, 3.63) is 0 Å². The molecule has 1 N–H and O–H groups in total. The molecule has 0 bridgehead atoms. The molecule has 0 saturated carbocycles. The standard InChI is InChI=1S/C12H19NO5/c1-18-8-4-5-9(12(16)17)13-10(14)6-2-3-7-11(13)15/h9H,2-8H2,1H3,(H,16,17). The molecule has 6 heteroatoms. The first kappa shape index (κ1) is 14.6. The number of imide groups is 1. The normalized spacial score (nSPS) is 18.6. The summed E-state index contributed by atoms with van der Waals surface area (Å²) in [6.45, 7) is 0.417. The van der Waals surface area contributed by atoms with Gasteiger partial charge < -0.3 is 9.84 Å². The van der Waals surface area contributed by atoms with Gasteiger partial charge in [-0.1, -0.05) is 0 Å². The lowest BCUT2D eigenvalue weighted by Crippen LogP contribution is -2.47. The average molecular weight is 257 g/mol. The molecule has 1 unspecified atom stereocenters. The van der Waals surface area contributed by atoms with Crippen LogP contribution in [0.3, 0.4) is 0 Å². The molecular formula is C12H19NO5. The molecule has 1 aliphatic heterocycles. The van der Waals surface area contributed by atoms with Crippen molar-refractivity contribution in [3.63, 3.8) is 0 Å². The highest BCUT2D eigenvalue weighted by Crippen LogP contribution is 2.18. The molecule has 1 fully saturated rings. The SMILES string of the molecule is COCCCC(C(=O)O)N1C(=O)CCCCC1=O. The first-order valence-electron chi connectivity index (χ1n) is 6.14. The Bertz CT molecular complexity index is 310. The zero-order valence-corrected chi connectivity index (χ0v) is 10.6. The fourth-order valence-corrected chi connectivity index (χ4v) is 2.06. The highest BCUT2D eigenvalue weighted by Gasteiger charge is 2.34. The fourth-order valence-electron chi connectivity index (χ4n) is 2.06. The van der Waals surface area contributed by atoms with Crippen molar-refractivity contribution in [1.82, 2.24) is 4.90 Å². The third-order valence-electron chi connectivity index (χ3n) is 2.99. The molecule has 1 atom stereocenters. The molecule has 102 valence electrons. The topological polar surface area (TPSA) is 83.9 Å². The zero-order chi connectivity index (χ0) is 13.5. The van der Waals surface area contributed by atoms with Crippen LogP contribution in [0, 0.1) is 0 Å². The van der Waals surface area contributed by atoms with Gasteiger partial charge in [0.2, 0.25) is 11.8 Å². The molecule has 18 heavy (non-hydrogen) atoms. The number of nitrogens with zero attached hydrogens (tertiary/aromatic N) is 1. The molecule has 1 rings (SSSR count). The molecule has 2 amide bonds. The van der Waals surface area contributed by atoms with Crippen LogP contribution >= 0.6 is 0 Å². The van der Waals surface area contributed by atoms with E-state index in [0.29, 0.717) is 25.9 Å². The molecule has 6 nitrogen and oxygen atoms in total. The summed E-state index contributed by atoms with van der Waals surface area (Å²) < 4.78 is 4.86. The number of likely N-dealkylation sites (tertiary alicyclic amines) is 1. The number of carbonyl (C=O) groups excluding carboxylic acids is 2. The largest absolute Gasteiger partial charge is 0.480 e. The minimum absolute atomic E-state index is 0.237. The number of hydrogen-bond acceptors (Lipinski definition) is 4. The summed E-state index contributed by atoms with van der Waals surface area (Å²) in [4.78, 5) is 35.8. The van der Waals surface area contributed by atoms with Gasteiger partial charge in [-0.3, -0.25) is 14.5 Å². The van der Waals surface area contributed by atoms with Gasteiger partial charge in [0.1, 0.15) is 6.04 Å². The second-order valence-electron chi connectivity index (χ2n) is 4.35. The molecular weight excluding hydrogens is 238 g/mol. The maximum atomic E-state index is 11.8. The van der Waals surface area contributed by atoms with Crippen molar-refractivity contribution < 1.29 is 24.2 Å². The van der Waals surface area contributed by atoms with E-state index >= 15 is 0 Å². The number of ether oxygens (including phenoxy) is 1. The molecule has 0 spiro atoms. The number of hydrogen-bond donors (Lipinski definition) is 1. The first-order valence-corrected chi connectivity index (χ1v) is 6.14. The van der Waals surface area contributed by atoms with Crippen LogP contribution in [0.25, 0.3) is 0 Å². The van der Waals surface area contributed by atoms with Gasteiger partial charge >= 0.3 is 5.97 Å². The zero-order valence-electron chi connectivity index (χ0n) is 10.6. The molecule has 0 radical (unpaired) electrons. The Kier molecular flexibility index (Phi) is 5.77. The number of rotatable bonds is 6. The maximum absolute atomic E-state index is 11.8. The van der Waals surface area contributed by atoms with Crippen LogP contribution in [-0.4, -0.2) is 47.5 Å². The van der Waals surface area contributed by atoms with Crippen LogP contribution < -0.4 is 0 Å². The number of carboxylic acid groups (broad SMARTS) is 1. The Morgan fingerprint density at radius 3 is 2.33 bits per heavy atom. The predicted octanol–water partition coefficient (Wildman–Crippen LogP) is 0.795. The summed E-state index contributed by atoms with van der Waals surface area (Å²) in [7, 11) is 1.53. The van der Waals surface area contributed by atoms with Crippen LogP contribution in [-0.2, 0) is 19.1 Å². The van der Waals surface area contributed by atoms with Crippen molar-refractivity contribution in [1.29, 1.82) is 0 Å². The quantitative estimate of drug-likeness (QED) is 0.562.